The first kappa shape index (κ1) is 15.3. The molecular formula is C17H19N3O3. The molecule has 120 valence electrons. The van der Waals surface area contributed by atoms with Crippen LogP contribution in [-0.2, 0) is 4.79 Å². The number of nitrogens with one attached hydrogen (secondary N) is 1. The van der Waals surface area contributed by atoms with Gasteiger partial charge in [-0.3, -0.25) is 9.59 Å². The van der Waals surface area contributed by atoms with Crippen LogP contribution in [0.4, 0.5) is 5.69 Å². The number of hydrogen-bond donors (Lipinski definition) is 1. The van der Waals surface area contributed by atoms with Crippen LogP contribution in [0.25, 0.3) is 0 Å². The first-order valence-electron chi connectivity index (χ1n) is 7.63. The number of anilines is 1. The summed E-state index contributed by atoms with van der Waals surface area (Å²) in [6.45, 7) is 1.67. The summed E-state index contributed by atoms with van der Waals surface area (Å²) in [5, 5.41) is 7.14. The Morgan fingerprint density at radius 2 is 2.13 bits per heavy atom. The second kappa shape index (κ2) is 6.24. The third-order valence-electron chi connectivity index (χ3n) is 3.92. The predicted octanol–water partition coefficient (Wildman–Crippen LogP) is 2.33. The van der Waals surface area contributed by atoms with Gasteiger partial charge in [0.25, 0.3) is 5.56 Å². The fourth-order valence-electron chi connectivity index (χ4n) is 2.37. The number of carbonyl (C=O) groups is 1. The van der Waals surface area contributed by atoms with E-state index in [2.05, 4.69) is 10.4 Å². The van der Waals surface area contributed by atoms with Crippen LogP contribution < -0.4 is 15.6 Å². The quantitative estimate of drug-likeness (QED) is 0.919. The number of nitrogens with zero attached hydrogens (tertiary/aromatic N) is 2. The van der Waals surface area contributed by atoms with Crippen LogP contribution in [0.2, 0.25) is 0 Å². The molecule has 1 amide bonds. The minimum Gasteiger partial charge on any atom is -0.497 e. The molecule has 3 rings (SSSR count). The molecule has 1 aliphatic rings. The highest BCUT2D eigenvalue weighted by atomic mass is 16.5. The number of ether oxygens (including phenoxy) is 1. The highest BCUT2D eigenvalue weighted by Gasteiger charge is 2.27. The summed E-state index contributed by atoms with van der Waals surface area (Å²) in [6.07, 6.45) is 2.19. The summed E-state index contributed by atoms with van der Waals surface area (Å²) in [5.41, 5.74) is 1.22. The molecule has 1 aliphatic carbocycles. The number of hydrogen-bond acceptors (Lipinski definition) is 4. The van der Waals surface area contributed by atoms with Crippen molar-refractivity contribution in [1.29, 1.82) is 0 Å². The monoisotopic (exact) mass is 313 g/mol. The van der Waals surface area contributed by atoms with Crippen molar-refractivity contribution in [2.45, 2.75) is 31.7 Å². The molecule has 0 bridgehead atoms. The largest absolute Gasteiger partial charge is 0.497 e. The van der Waals surface area contributed by atoms with Gasteiger partial charge < -0.3 is 10.1 Å². The van der Waals surface area contributed by atoms with E-state index in [1.54, 1.807) is 44.4 Å². The van der Waals surface area contributed by atoms with Crippen molar-refractivity contribution in [1.82, 2.24) is 9.78 Å². The maximum Gasteiger partial charge on any atom is 0.267 e. The van der Waals surface area contributed by atoms with Crippen LogP contribution >= 0.6 is 0 Å². The summed E-state index contributed by atoms with van der Waals surface area (Å²) in [7, 11) is 1.57. The Balaban J connectivity index is 1.79. The fraction of sp³-hybridized carbons (Fsp3) is 0.353. The molecule has 1 N–H and O–H groups in total. The van der Waals surface area contributed by atoms with Crippen LogP contribution in [0.15, 0.2) is 41.2 Å². The number of methoxy groups -OCH3 is 1. The normalized spacial score (nSPS) is 15.0. The third kappa shape index (κ3) is 3.41. The van der Waals surface area contributed by atoms with Gasteiger partial charge in [0.15, 0.2) is 0 Å². The molecule has 1 heterocycles. The SMILES string of the molecule is COc1cccc(NC(=O)C(C)n2nc(C3CC3)ccc2=O)c1. The minimum atomic E-state index is -0.688. The molecule has 2 aromatic rings. The number of carbonyl (C=O) groups excluding carboxylic acids is 1. The van der Waals surface area contributed by atoms with Gasteiger partial charge in [-0.1, -0.05) is 6.07 Å². The molecule has 6 nitrogen and oxygen atoms in total. The molecule has 1 saturated carbocycles. The van der Waals surface area contributed by atoms with Crippen molar-refractivity contribution in [2.75, 3.05) is 12.4 Å². The smallest absolute Gasteiger partial charge is 0.267 e. The fourth-order valence-corrected chi connectivity index (χ4v) is 2.37. The van der Waals surface area contributed by atoms with Gasteiger partial charge in [0.1, 0.15) is 11.8 Å². The zero-order chi connectivity index (χ0) is 16.4. The van der Waals surface area contributed by atoms with E-state index in [9.17, 15) is 9.59 Å². The minimum absolute atomic E-state index is 0.275. The van der Waals surface area contributed by atoms with E-state index in [-0.39, 0.29) is 11.5 Å². The molecule has 23 heavy (non-hydrogen) atoms. The molecule has 0 aliphatic heterocycles. The van der Waals surface area contributed by atoms with Gasteiger partial charge in [0, 0.05) is 23.7 Å². The van der Waals surface area contributed by atoms with Gasteiger partial charge in [-0.05, 0) is 38.0 Å². The predicted molar refractivity (Wildman–Crippen MR) is 86.8 cm³/mol. The summed E-state index contributed by atoms with van der Waals surface area (Å²) in [5.74, 6) is 0.790. The lowest BCUT2D eigenvalue weighted by Crippen LogP contribution is -2.33. The molecule has 1 atom stereocenters. The molecule has 1 unspecified atom stereocenters. The molecule has 1 fully saturated rings. The van der Waals surface area contributed by atoms with Crippen LogP contribution in [0.5, 0.6) is 5.75 Å². The highest BCUT2D eigenvalue weighted by Crippen LogP contribution is 2.38. The Hall–Kier alpha value is -2.63. The number of benzene rings is 1. The van der Waals surface area contributed by atoms with Gasteiger partial charge in [0.05, 0.1) is 12.8 Å². The van der Waals surface area contributed by atoms with E-state index >= 15 is 0 Å². The Morgan fingerprint density at radius 3 is 2.83 bits per heavy atom. The van der Waals surface area contributed by atoms with E-state index in [4.69, 9.17) is 4.74 Å². The Kier molecular flexibility index (Phi) is 4.14. The van der Waals surface area contributed by atoms with Crippen molar-refractivity contribution in [3.63, 3.8) is 0 Å². The van der Waals surface area contributed by atoms with E-state index in [0.717, 1.165) is 18.5 Å². The van der Waals surface area contributed by atoms with Crippen LogP contribution in [0.1, 0.15) is 37.4 Å². The van der Waals surface area contributed by atoms with Gasteiger partial charge in [0.2, 0.25) is 5.91 Å². The van der Waals surface area contributed by atoms with E-state index in [1.165, 1.54) is 10.7 Å². The van der Waals surface area contributed by atoms with Crippen LogP contribution in [0, 0.1) is 0 Å². The van der Waals surface area contributed by atoms with E-state index in [1.807, 2.05) is 0 Å². The van der Waals surface area contributed by atoms with Gasteiger partial charge >= 0.3 is 0 Å². The average Bonchev–Trinajstić information content (AvgIpc) is 3.39. The van der Waals surface area contributed by atoms with E-state index < -0.39 is 6.04 Å². The van der Waals surface area contributed by atoms with Gasteiger partial charge in [-0.15, -0.1) is 0 Å². The van der Waals surface area contributed by atoms with Crippen LogP contribution in [-0.4, -0.2) is 22.8 Å². The van der Waals surface area contributed by atoms with Gasteiger partial charge in [-0.2, -0.15) is 5.10 Å². The first-order valence-corrected chi connectivity index (χ1v) is 7.63. The second-order valence-electron chi connectivity index (χ2n) is 5.71. The number of aromatic nitrogens is 2. The van der Waals surface area contributed by atoms with Crippen molar-refractivity contribution in [3.05, 3.63) is 52.4 Å². The first-order chi connectivity index (χ1) is 11.1. The molecule has 0 radical (unpaired) electrons. The standard InChI is InChI=1S/C17H19N3O3/c1-11(17(22)18-13-4-3-5-14(10-13)23-2)20-16(21)9-8-15(19-20)12-6-7-12/h3-5,8-12H,6-7H2,1-2H3,(H,18,22). The van der Waals surface area contributed by atoms with Crippen molar-refractivity contribution < 1.29 is 9.53 Å². The Labute approximate surface area is 134 Å². The topological polar surface area (TPSA) is 73.2 Å². The van der Waals surface area contributed by atoms with E-state index in [0.29, 0.717) is 17.4 Å². The molecule has 0 spiro atoms. The molecule has 6 heteroatoms. The lowest BCUT2D eigenvalue weighted by molar-refractivity contribution is -0.119. The second-order valence-corrected chi connectivity index (χ2v) is 5.71. The highest BCUT2D eigenvalue weighted by molar-refractivity contribution is 5.93. The number of rotatable bonds is 5. The Morgan fingerprint density at radius 1 is 1.35 bits per heavy atom. The Bertz CT molecular complexity index is 781. The average molecular weight is 313 g/mol. The molecular weight excluding hydrogens is 294 g/mol. The zero-order valence-electron chi connectivity index (χ0n) is 13.2. The van der Waals surface area contributed by atoms with Crippen LogP contribution in [0.3, 0.4) is 0 Å². The van der Waals surface area contributed by atoms with Crippen molar-refractivity contribution >= 4 is 11.6 Å². The zero-order valence-corrected chi connectivity index (χ0v) is 13.2. The lowest BCUT2D eigenvalue weighted by atomic mass is 10.2. The molecule has 0 saturated heterocycles. The van der Waals surface area contributed by atoms with Crippen molar-refractivity contribution in [2.24, 2.45) is 0 Å². The van der Waals surface area contributed by atoms with Gasteiger partial charge in [-0.25, -0.2) is 4.68 Å². The lowest BCUT2D eigenvalue weighted by Gasteiger charge is -2.15. The molecule has 1 aromatic heterocycles. The molecule has 1 aromatic carbocycles. The van der Waals surface area contributed by atoms with Crippen molar-refractivity contribution in [3.8, 4) is 5.75 Å². The number of amides is 1. The third-order valence-corrected chi connectivity index (χ3v) is 3.92. The maximum atomic E-state index is 12.4. The summed E-state index contributed by atoms with van der Waals surface area (Å²) in [4.78, 5) is 24.4. The summed E-state index contributed by atoms with van der Waals surface area (Å²) in [6, 6.07) is 9.62. The summed E-state index contributed by atoms with van der Waals surface area (Å²) >= 11 is 0. The maximum absolute atomic E-state index is 12.4. The summed E-state index contributed by atoms with van der Waals surface area (Å²) < 4.78 is 6.38.